The quantitative estimate of drug-likeness (QED) is 0.686. The Labute approximate surface area is 114 Å². The first kappa shape index (κ1) is 14.0. The van der Waals surface area contributed by atoms with Gasteiger partial charge in [-0.05, 0) is 36.2 Å². The molecule has 0 saturated carbocycles. The van der Waals surface area contributed by atoms with Crippen molar-refractivity contribution >= 4 is 5.69 Å². The van der Waals surface area contributed by atoms with E-state index in [9.17, 15) is 14.5 Å². The zero-order valence-electron chi connectivity index (χ0n) is 10.8. The molecule has 0 heterocycles. The van der Waals surface area contributed by atoms with Gasteiger partial charge < -0.3 is 10.5 Å². The van der Waals surface area contributed by atoms with Crippen molar-refractivity contribution in [2.75, 3.05) is 0 Å². The van der Waals surface area contributed by atoms with Crippen LogP contribution in [0.15, 0.2) is 36.4 Å². The Morgan fingerprint density at radius 1 is 1.30 bits per heavy atom. The molecule has 0 bridgehead atoms. The van der Waals surface area contributed by atoms with E-state index in [2.05, 4.69) is 0 Å². The van der Waals surface area contributed by atoms with Crippen LogP contribution in [-0.4, -0.2) is 4.92 Å². The summed E-state index contributed by atoms with van der Waals surface area (Å²) >= 11 is 0. The first-order valence-electron chi connectivity index (χ1n) is 5.92. The van der Waals surface area contributed by atoms with Crippen molar-refractivity contribution in [3.05, 3.63) is 63.5 Å². The lowest BCUT2D eigenvalue weighted by molar-refractivity contribution is -0.384. The minimum atomic E-state index is -0.481. The van der Waals surface area contributed by atoms with Crippen LogP contribution in [-0.2, 0) is 6.54 Å². The minimum absolute atomic E-state index is 0.0169. The van der Waals surface area contributed by atoms with Crippen molar-refractivity contribution in [1.82, 2.24) is 0 Å². The normalized spacial score (nSPS) is 10.3. The van der Waals surface area contributed by atoms with Gasteiger partial charge in [-0.2, -0.15) is 0 Å². The molecular formula is C14H13FN2O3. The number of non-ortho nitro benzene ring substituents is 1. The Balaban J connectivity index is 2.30. The van der Waals surface area contributed by atoms with E-state index in [-0.39, 0.29) is 12.2 Å². The lowest BCUT2D eigenvalue weighted by Gasteiger charge is -2.10. The molecule has 0 spiro atoms. The molecule has 0 atom stereocenters. The highest BCUT2D eigenvalue weighted by atomic mass is 19.1. The topological polar surface area (TPSA) is 78.4 Å². The Bertz CT molecular complexity index is 659. The second-order valence-electron chi connectivity index (χ2n) is 4.31. The van der Waals surface area contributed by atoms with Crippen LogP contribution in [0.2, 0.25) is 0 Å². The predicted molar refractivity (Wildman–Crippen MR) is 72.2 cm³/mol. The van der Waals surface area contributed by atoms with E-state index >= 15 is 0 Å². The van der Waals surface area contributed by atoms with Crippen LogP contribution >= 0.6 is 0 Å². The molecule has 0 radical (unpaired) electrons. The highest BCUT2D eigenvalue weighted by Gasteiger charge is 2.10. The number of halogens is 1. The monoisotopic (exact) mass is 276 g/mol. The number of benzene rings is 2. The van der Waals surface area contributed by atoms with Gasteiger partial charge in [0, 0.05) is 24.7 Å². The molecule has 2 aromatic carbocycles. The molecule has 0 fully saturated rings. The van der Waals surface area contributed by atoms with E-state index in [0.717, 1.165) is 0 Å². The first-order chi connectivity index (χ1) is 9.49. The molecule has 0 unspecified atom stereocenters. The maximum Gasteiger partial charge on any atom is 0.269 e. The number of rotatable bonds is 4. The van der Waals surface area contributed by atoms with Gasteiger partial charge in [0.25, 0.3) is 5.69 Å². The second kappa shape index (κ2) is 5.66. The maximum atomic E-state index is 13.4. The van der Waals surface area contributed by atoms with Crippen LogP contribution in [0, 0.1) is 22.9 Å². The van der Waals surface area contributed by atoms with E-state index in [0.29, 0.717) is 22.6 Å². The van der Waals surface area contributed by atoms with Crippen molar-refractivity contribution in [2.45, 2.75) is 13.5 Å². The van der Waals surface area contributed by atoms with Crippen molar-refractivity contribution in [1.29, 1.82) is 0 Å². The molecule has 20 heavy (non-hydrogen) atoms. The summed E-state index contributed by atoms with van der Waals surface area (Å²) in [5.41, 5.74) is 6.66. The summed E-state index contributed by atoms with van der Waals surface area (Å²) < 4.78 is 18.9. The molecule has 0 aliphatic rings. The Morgan fingerprint density at radius 3 is 2.65 bits per heavy atom. The van der Waals surface area contributed by atoms with Gasteiger partial charge in [-0.25, -0.2) is 4.39 Å². The van der Waals surface area contributed by atoms with Crippen LogP contribution in [0.5, 0.6) is 11.5 Å². The van der Waals surface area contributed by atoms with Crippen LogP contribution in [0.25, 0.3) is 0 Å². The molecule has 0 amide bonds. The molecule has 5 nitrogen and oxygen atoms in total. The number of nitrogens with two attached hydrogens (primary N) is 1. The minimum Gasteiger partial charge on any atom is -0.457 e. The Morgan fingerprint density at radius 2 is 2.05 bits per heavy atom. The molecule has 0 aliphatic heterocycles. The zero-order chi connectivity index (χ0) is 14.7. The van der Waals surface area contributed by atoms with Gasteiger partial charge >= 0.3 is 0 Å². The Hall–Kier alpha value is -2.47. The summed E-state index contributed by atoms with van der Waals surface area (Å²) in [6.45, 7) is 1.89. The largest absolute Gasteiger partial charge is 0.457 e. The highest BCUT2D eigenvalue weighted by molar-refractivity contribution is 5.45. The fourth-order valence-corrected chi connectivity index (χ4v) is 1.79. The fourth-order valence-electron chi connectivity index (χ4n) is 1.79. The van der Waals surface area contributed by atoms with Crippen molar-refractivity contribution < 1.29 is 14.1 Å². The second-order valence-corrected chi connectivity index (χ2v) is 4.31. The average Bonchev–Trinajstić information content (AvgIpc) is 2.40. The number of hydrogen-bond acceptors (Lipinski definition) is 4. The molecule has 0 aromatic heterocycles. The summed E-state index contributed by atoms with van der Waals surface area (Å²) in [5, 5.41) is 10.7. The van der Waals surface area contributed by atoms with E-state index in [1.807, 2.05) is 0 Å². The molecular weight excluding hydrogens is 263 g/mol. The highest BCUT2D eigenvalue weighted by Crippen LogP contribution is 2.29. The van der Waals surface area contributed by atoms with E-state index in [1.54, 1.807) is 13.0 Å². The Kier molecular flexibility index (Phi) is 3.95. The smallest absolute Gasteiger partial charge is 0.269 e. The SMILES string of the molecule is Cc1cc([N+](=O)[O-])ccc1Oc1cc(F)cc(CN)c1. The van der Waals surface area contributed by atoms with Crippen molar-refractivity contribution in [2.24, 2.45) is 5.73 Å². The molecule has 2 aromatic rings. The van der Waals surface area contributed by atoms with Gasteiger partial charge in [-0.3, -0.25) is 10.1 Å². The molecule has 2 N–H and O–H groups in total. The van der Waals surface area contributed by atoms with Gasteiger partial charge in [0.15, 0.2) is 0 Å². The molecule has 2 rings (SSSR count). The molecule has 104 valence electrons. The fraction of sp³-hybridized carbons (Fsp3) is 0.143. The third-order valence-electron chi connectivity index (χ3n) is 2.76. The lowest BCUT2D eigenvalue weighted by atomic mass is 10.2. The van der Waals surface area contributed by atoms with E-state index in [1.165, 1.54) is 30.3 Å². The van der Waals surface area contributed by atoms with Gasteiger partial charge in [-0.1, -0.05) is 0 Å². The van der Waals surface area contributed by atoms with Gasteiger partial charge in [0.05, 0.1) is 4.92 Å². The van der Waals surface area contributed by atoms with Gasteiger partial charge in [-0.15, -0.1) is 0 Å². The number of nitro groups is 1. The number of ether oxygens (including phenoxy) is 1. The first-order valence-corrected chi connectivity index (χ1v) is 5.92. The van der Waals surface area contributed by atoms with E-state index < -0.39 is 10.7 Å². The third kappa shape index (κ3) is 3.10. The van der Waals surface area contributed by atoms with Crippen LogP contribution < -0.4 is 10.5 Å². The number of nitrogens with zero attached hydrogens (tertiary/aromatic N) is 1. The number of nitro benzene ring substituents is 1. The number of aryl methyl sites for hydroxylation is 1. The molecule has 0 aliphatic carbocycles. The summed E-state index contributed by atoms with van der Waals surface area (Å²) in [5.74, 6) is 0.300. The van der Waals surface area contributed by atoms with Crippen LogP contribution in [0.4, 0.5) is 10.1 Å². The standard InChI is InChI=1S/C14H13FN2O3/c1-9-4-12(17(18)19)2-3-14(9)20-13-6-10(8-16)5-11(15)7-13/h2-7H,8,16H2,1H3. The van der Waals surface area contributed by atoms with Crippen LogP contribution in [0.3, 0.4) is 0 Å². The maximum absolute atomic E-state index is 13.4. The molecule has 6 heteroatoms. The van der Waals surface area contributed by atoms with Crippen molar-refractivity contribution in [3.8, 4) is 11.5 Å². The van der Waals surface area contributed by atoms with Gasteiger partial charge in [0.1, 0.15) is 17.3 Å². The number of hydrogen-bond donors (Lipinski definition) is 1. The van der Waals surface area contributed by atoms with Gasteiger partial charge in [0.2, 0.25) is 0 Å². The average molecular weight is 276 g/mol. The van der Waals surface area contributed by atoms with Crippen LogP contribution in [0.1, 0.15) is 11.1 Å². The zero-order valence-corrected chi connectivity index (χ0v) is 10.8. The van der Waals surface area contributed by atoms with Crippen molar-refractivity contribution in [3.63, 3.8) is 0 Å². The lowest BCUT2D eigenvalue weighted by Crippen LogP contribution is -1.98. The summed E-state index contributed by atoms with van der Waals surface area (Å²) in [6.07, 6.45) is 0. The summed E-state index contributed by atoms with van der Waals surface area (Å²) in [4.78, 5) is 10.2. The van der Waals surface area contributed by atoms with E-state index in [4.69, 9.17) is 10.5 Å². The third-order valence-corrected chi connectivity index (χ3v) is 2.76. The predicted octanol–water partition coefficient (Wildman–Crippen LogP) is 3.29. The molecule has 0 saturated heterocycles. The summed E-state index contributed by atoms with van der Waals surface area (Å²) in [7, 11) is 0. The summed E-state index contributed by atoms with van der Waals surface area (Å²) in [6, 6.07) is 8.42.